The largest absolute Gasteiger partial charge is 0.482 e. The molecule has 1 N–H and O–H groups in total. The first-order chi connectivity index (χ1) is 9.20. The Bertz CT molecular complexity index is 549. The number of carboxylic acids is 1. The topological polar surface area (TPSA) is 85.5 Å². The highest BCUT2D eigenvalue weighted by Crippen LogP contribution is 2.25. The SMILES string of the molecule is CCCCc1noc(COc2ccsc2C(=O)O)n1. The zero-order valence-corrected chi connectivity index (χ0v) is 11.3. The minimum absolute atomic E-state index is 0.0795. The van der Waals surface area contributed by atoms with Crippen LogP contribution >= 0.6 is 11.3 Å². The summed E-state index contributed by atoms with van der Waals surface area (Å²) in [5.74, 6) is 0.336. The van der Waals surface area contributed by atoms with Gasteiger partial charge >= 0.3 is 5.97 Å². The summed E-state index contributed by atoms with van der Waals surface area (Å²) in [7, 11) is 0. The second-order valence-electron chi connectivity index (χ2n) is 3.92. The molecule has 2 aromatic heterocycles. The average molecular weight is 282 g/mol. The third-order valence-corrected chi connectivity index (χ3v) is 3.32. The van der Waals surface area contributed by atoms with Crippen LogP contribution in [0.1, 0.15) is 41.2 Å². The molecular formula is C12H14N2O4S. The summed E-state index contributed by atoms with van der Waals surface area (Å²) in [6.45, 7) is 2.17. The average Bonchev–Trinajstić information content (AvgIpc) is 3.02. The van der Waals surface area contributed by atoms with Crippen molar-refractivity contribution in [3.05, 3.63) is 28.0 Å². The van der Waals surface area contributed by atoms with Gasteiger partial charge in [0.05, 0.1) is 0 Å². The predicted octanol–water partition coefficient (Wildman–Crippen LogP) is 2.75. The van der Waals surface area contributed by atoms with Gasteiger partial charge in [0.1, 0.15) is 5.75 Å². The second kappa shape index (κ2) is 6.33. The Morgan fingerprint density at radius 1 is 1.58 bits per heavy atom. The van der Waals surface area contributed by atoms with E-state index < -0.39 is 5.97 Å². The van der Waals surface area contributed by atoms with Gasteiger partial charge in [-0.25, -0.2) is 4.79 Å². The number of nitrogens with zero attached hydrogens (tertiary/aromatic N) is 2. The number of aromatic nitrogens is 2. The van der Waals surface area contributed by atoms with Gasteiger partial charge < -0.3 is 14.4 Å². The van der Waals surface area contributed by atoms with Gasteiger partial charge in [-0.3, -0.25) is 0 Å². The Hall–Kier alpha value is -1.89. The van der Waals surface area contributed by atoms with Crippen LogP contribution in [0.15, 0.2) is 16.0 Å². The lowest BCUT2D eigenvalue weighted by Crippen LogP contribution is -2.00. The van der Waals surface area contributed by atoms with E-state index in [2.05, 4.69) is 17.1 Å². The van der Waals surface area contributed by atoms with Crippen LogP contribution in [0.2, 0.25) is 0 Å². The summed E-state index contributed by atoms with van der Waals surface area (Å²) in [5.41, 5.74) is 0. The zero-order chi connectivity index (χ0) is 13.7. The molecule has 2 heterocycles. The lowest BCUT2D eigenvalue weighted by Gasteiger charge is -2.01. The molecule has 0 amide bonds. The van der Waals surface area contributed by atoms with Gasteiger partial charge in [0.2, 0.25) is 0 Å². The van der Waals surface area contributed by atoms with Crippen molar-refractivity contribution in [3.63, 3.8) is 0 Å². The number of carboxylic acid groups (broad SMARTS) is 1. The number of carbonyl (C=O) groups is 1. The van der Waals surface area contributed by atoms with Crippen molar-refractivity contribution in [3.8, 4) is 5.75 Å². The van der Waals surface area contributed by atoms with E-state index in [-0.39, 0.29) is 11.5 Å². The van der Waals surface area contributed by atoms with Crippen molar-refractivity contribution in [2.75, 3.05) is 0 Å². The molecule has 0 saturated carbocycles. The maximum atomic E-state index is 10.9. The molecule has 19 heavy (non-hydrogen) atoms. The molecule has 7 heteroatoms. The monoisotopic (exact) mass is 282 g/mol. The van der Waals surface area contributed by atoms with E-state index >= 15 is 0 Å². The van der Waals surface area contributed by atoms with Crippen LogP contribution in [0.4, 0.5) is 0 Å². The molecule has 0 spiro atoms. The number of aromatic carboxylic acids is 1. The summed E-state index contributed by atoms with van der Waals surface area (Å²) >= 11 is 1.12. The molecule has 0 aliphatic heterocycles. The Morgan fingerprint density at radius 2 is 2.42 bits per heavy atom. The Balaban J connectivity index is 1.93. The molecule has 0 atom stereocenters. The summed E-state index contributed by atoms with van der Waals surface area (Å²) in [4.78, 5) is 15.2. The fourth-order valence-corrected chi connectivity index (χ4v) is 2.16. The second-order valence-corrected chi connectivity index (χ2v) is 4.83. The van der Waals surface area contributed by atoms with Gasteiger partial charge in [-0.15, -0.1) is 11.3 Å². The molecule has 2 aromatic rings. The molecule has 0 aliphatic carbocycles. The first-order valence-electron chi connectivity index (χ1n) is 5.95. The first kappa shape index (κ1) is 13.5. The standard InChI is InChI=1S/C12H14N2O4S/c1-2-3-4-9-13-10(18-14-9)7-17-8-5-6-19-11(8)12(15)16/h5-6H,2-4,7H2,1H3,(H,15,16). The maximum Gasteiger partial charge on any atom is 0.349 e. The van der Waals surface area contributed by atoms with Crippen molar-refractivity contribution in [2.45, 2.75) is 32.8 Å². The van der Waals surface area contributed by atoms with Crippen LogP contribution < -0.4 is 4.74 Å². The molecule has 2 rings (SSSR count). The van der Waals surface area contributed by atoms with Crippen molar-refractivity contribution in [2.24, 2.45) is 0 Å². The highest BCUT2D eigenvalue weighted by molar-refractivity contribution is 7.12. The molecule has 102 valence electrons. The summed E-state index contributed by atoms with van der Waals surface area (Å²) in [6, 6.07) is 1.61. The van der Waals surface area contributed by atoms with E-state index in [0.717, 1.165) is 30.6 Å². The third-order valence-electron chi connectivity index (χ3n) is 2.44. The smallest absolute Gasteiger partial charge is 0.349 e. The van der Waals surface area contributed by atoms with Gasteiger partial charge in [0.15, 0.2) is 17.3 Å². The van der Waals surface area contributed by atoms with Gasteiger partial charge in [-0.2, -0.15) is 4.98 Å². The maximum absolute atomic E-state index is 10.9. The summed E-state index contributed by atoms with van der Waals surface area (Å²) in [5, 5.41) is 14.4. The van der Waals surface area contributed by atoms with Gasteiger partial charge in [0.25, 0.3) is 5.89 Å². The fraction of sp³-hybridized carbons (Fsp3) is 0.417. The van der Waals surface area contributed by atoms with Crippen molar-refractivity contribution in [1.29, 1.82) is 0 Å². The number of thiophene rings is 1. The normalized spacial score (nSPS) is 10.6. The minimum Gasteiger partial charge on any atom is -0.482 e. The van der Waals surface area contributed by atoms with Gasteiger partial charge in [-0.05, 0) is 17.9 Å². The Morgan fingerprint density at radius 3 is 3.16 bits per heavy atom. The van der Waals surface area contributed by atoms with Crippen molar-refractivity contribution >= 4 is 17.3 Å². The van der Waals surface area contributed by atoms with Crippen LogP contribution in [0.5, 0.6) is 5.75 Å². The highest BCUT2D eigenvalue weighted by atomic mass is 32.1. The lowest BCUT2D eigenvalue weighted by atomic mass is 10.2. The van der Waals surface area contributed by atoms with Crippen LogP contribution in [-0.2, 0) is 13.0 Å². The number of hydrogen-bond donors (Lipinski definition) is 1. The van der Waals surface area contributed by atoms with Crippen LogP contribution in [0.3, 0.4) is 0 Å². The number of unbranched alkanes of at least 4 members (excludes halogenated alkanes) is 1. The quantitative estimate of drug-likeness (QED) is 0.840. The van der Waals surface area contributed by atoms with E-state index in [1.165, 1.54) is 0 Å². The van der Waals surface area contributed by atoms with Crippen molar-refractivity contribution in [1.82, 2.24) is 10.1 Å². The molecule has 6 nitrogen and oxygen atoms in total. The molecule has 0 aliphatic rings. The minimum atomic E-state index is -1.00. The lowest BCUT2D eigenvalue weighted by molar-refractivity contribution is 0.0697. The first-order valence-corrected chi connectivity index (χ1v) is 6.83. The fourth-order valence-electron chi connectivity index (χ4n) is 1.49. The Labute approximate surface area is 114 Å². The number of hydrogen-bond acceptors (Lipinski definition) is 6. The third kappa shape index (κ3) is 3.54. The van der Waals surface area contributed by atoms with E-state index in [1.807, 2.05) is 0 Å². The molecule has 0 fully saturated rings. The summed E-state index contributed by atoms with van der Waals surface area (Å²) in [6.07, 6.45) is 2.85. The molecule has 0 unspecified atom stereocenters. The number of ether oxygens (including phenoxy) is 1. The molecule has 0 aromatic carbocycles. The predicted molar refractivity (Wildman–Crippen MR) is 68.5 cm³/mol. The van der Waals surface area contributed by atoms with E-state index in [4.69, 9.17) is 14.4 Å². The molecule has 0 radical (unpaired) electrons. The van der Waals surface area contributed by atoms with E-state index in [9.17, 15) is 4.79 Å². The van der Waals surface area contributed by atoms with Crippen LogP contribution in [0.25, 0.3) is 0 Å². The summed E-state index contributed by atoms with van der Waals surface area (Å²) < 4.78 is 10.4. The number of rotatable bonds is 7. The van der Waals surface area contributed by atoms with Crippen LogP contribution in [0, 0.1) is 0 Å². The van der Waals surface area contributed by atoms with E-state index in [0.29, 0.717) is 17.5 Å². The van der Waals surface area contributed by atoms with Crippen molar-refractivity contribution < 1.29 is 19.2 Å². The number of aryl methyl sites for hydroxylation is 1. The highest BCUT2D eigenvalue weighted by Gasteiger charge is 2.14. The Kier molecular flexibility index (Phi) is 4.51. The van der Waals surface area contributed by atoms with Gasteiger partial charge in [-0.1, -0.05) is 18.5 Å². The molecule has 0 bridgehead atoms. The molecule has 0 saturated heterocycles. The van der Waals surface area contributed by atoms with Gasteiger partial charge in [0, 0.05) is 6.42 Å². The van der Waals surface area contributed by atoms with Crippen LogP contribution in [-0.4, -0.2) is 21.2 Å². The van der Waals surface area contributed by atoms with E-state index in [1.54, 1.807) is 11.4 Å². The molecular weight excluding hydrogens is 268 g/mol. The zero-order valence-electron chi connectivity index (χ0n) is 10.5.